The van der Waals surface area contributed by atoms with Crippen molar-refractivity contribution in [2.24, 2.45) is 0 Å². The maximum absolute atomic E-state index is 5.84. The Balaban J connectivity index is 1.68. The van der Waals surface area contributed by atoms with E-state index in [0.29, 0.717) is 11.2 Å². The van der Waals surface area contributed by atoms with E-state index in [2.05, 4.69) is 40.4 Å². The van der Waals surface area contributed by atoms with Crippen LogP contribution in [0.15, 0.2) is 30.6 Å². The highest BCUT2D eigenvalue weighted by Crippen LogP contribution is 2.32. The summed E-state index contributed by atoms with van der Waals surface area (Å²) in [7, 11) is 0. The lowest BCUT2D eigenvalue weighted by Gasteiger charge is -2.33. The van der Waals surface area contributed by atoms with E-state index < -0.39 is 0 Å². The molecule has 1 fully saturated rings. The fraction of sp³-hybridized carbons (Fsp3) is 0.389. The van der Waals surface area contributed by atoms with Gasteiger partial charge in [-0.1, -0.05) is 17.4 Å². The van der Waals surface area contributed by atoms with Crippen LogP contribution in [0.4, 0.5) is 10.8 Å². The van der Waals surface area contributed by atoms with Crippen molar-refractivity contribution in [1.29, 1.82) is 0 Å². The fourth-order valence-corrected chi connectivity index (χ4v) is 4.17. The number of nitrogens with two attached hydrogens (primary N) is 1. The number of ether oxygens (including phenoxy) is 1. The van der Waals surface area contributed by atoms with Gasteiger partial charge in [-0.15, -0.1) is 0 Å². The van der Waals surface area contributed by atoms with Crippen LogP contribution in [0.5, 0.6) is 0 Å². The Hall–Kier alpha value is -2.25. The summed E-state index contributed by atoms with van der Waals surface area (Å²) >= 11 is 1.49. The fourth-order valence-electron chi connectivity index (χ4n) is 3.49. The van der Waals surface area contributed by atoms with Gasteiger partial charge in [0.1, 0.15) is 0 Å². The SMILES string of the molecule is CC1CC(Nc2cnnc3ccc(-c4cnc(N)s4)cc23)CC(C)O1. The quantitative estimate of drug-likeness (QED) is 0.745. The second-order valence-electron chi connectivity index (χ2n) is 6.62. The maximum atomic E-state index is 5.84. The standard InChI is InChI=1S/C18H21N5OS/c1-10-5-13(6-11(2)24-10)22-16-8-21-23-15-4-3-12(7-14(15)16)17-9-20-18(19)25-17/h3-4,7-11,13H,5-6H2,1-2H3,(H2,19,20)(H,22,23). The van der Waals surface area contributed by atoms with E-state index in [1.54, 1.807) is 6.20 Å². The monoisotopic (exact) mass is 355 g/mol. The smallest absolute Gasteiger partial charge is 0.180 e. The largest absolute Gasteiger partial charge is 0.380 e. The Morgan fingerprint density at radius 3 is 2.72 bits per heavy atom. The van der Waals surface area contributed by atoms with Crippen molar-refractivity contribution >= 4 is 33.1 Å². The van der Waals surface area contributed by atoms with Crippen molar-refractivity contribution in [2.45, 2.75) is 44.9 Å². The molecule has 0 radical (unpaired) electrons. The summed E-state index contributed by atoms with van der Waals surface area (Å²) in [5.74, 6) is 0. The highest BCUT2D eigenvalue weighted by atomic mass is 32.1. The van der Waals surface area contributed by atoms with Gasteiger partial charge in [0, 0.05) is 17.6 Å². The van der Waals surface area contributed by atoms with E-state index in [-0.39, 0.29) is 12.2 Å². The number of aromatic nitrogens is 3. The first-order valence-corrected chi connectivity index (χ1v) is 9.29. The molecule has 3 N–H and O–H groups in total. The Bertz CT molecular complexity index is 886. The molecule has 3 aromatic rings. The number of nitrogens with zero attached hydrogens (tertiary/aromatic N) is 3. The van der Waals surface area contributed by atoms with Crippen LogP contribution in [0.2, 0.25) is 0 Å². The normalized spacial score (nSPS) is 23.7. The molecular weight excluding hydrogens is 334 g/mol. The predicted molar refractivity (Wildman–Crippen MR) is 102 cm³/mol. The molecular formula is C18H21N5OS. The number of anilines is 2. The Morgan fingerprint density at radius 2 is 2.00 bits per heavy atom. The molecule has 3 heterocycles. The van der Waals surface area contributed by atoms with Crippen molar-refractivity contribution in [3.05, 3.63) is 30.6 Å². The third kappa shape index (κ3) is 3.43. The summed E-state index contributed by atoms with van der Waals surface area (Å²) in [6.45, 7) is 4.25. The van der Waals surface area contributed by atoms with Gasteiger partial charge in [0.2, 0.25) is 0 Å². The Kier molecular flexibility index (Phi) is 4.27. The third-order valence-corrected chi connectivity index (χ3v) is 5.38. The van der Waals surface area contributed by atoms with Crippen LogP contribution in [0.3, 0.4) is 0 Å². The van der Waals surface area contributed by atoms with Crippen LogP contribution < -0.4 is 11.1 Å². The molecule has 0 amide bonds. The molecule has 0 bridgehead atoms. The minimum absolute atomic E-state index is 0.262. The molecule has 25 heavy (non-hydrogen) atoms. The first-order chi connectivity index (χ1) is 12.1. The number of fused-ring (bicyclic) bond motifs is 1. The molecule has 1 saturated heterocycles. The molecule has 0 saturated carbocycles. The first-order valence-electron chi connectivity index (χ1n) is 8.47. The lowest BCUT2D eigenvalue weighted by atomic mass is 9.99. The van der Waals surface area contributed by atoms with Crippen LogP contribution in [0.25, 0.3) is 21.3 Å². The molecule has 2 aromatic heterocycles. The van der Waals surface area contributed by atoms with Crippen LogP contribution in [0.1, 0.15) is 26.7 Å². The number of benzene rings is 1. The number of rotatable bonds is 3. The topological polar surface area (TPSA) is 86.0 Å². The van der Waals surface area contributed by atoms with Crippen LogP contribution in [-0.4, -0.2) is 33.4 Å². The van der Waals surface area contributed by atoms with Crippen LogP contribution in [-0.2, 0) is 4.74 Å². The van der Waals surface area contributed by atoms with Gasteiger partial charge in [-0.2, -0.15) is 10.2 Å². The molecule has 130 valence electrons. The maximum Gasteiger partial charge on any atom is 0.180 e. The highest BCUT2D eigenvalue weighted by Gasteiger charge is 2.24. The zero-order valence-corrected chi connectivity index (χ0v) is 15.1. The average Bonchev–Trinajstić information content (AvgIpc) is 3.00. The molecule has 2 unspecified atom stereocenters. The van der Waals surface area contributed by atoms with Crippen molar-refractivity contribution in [3.63, 3.8) is 0 Å². The highest BCUT2D eigenvalue weighted by molar-refractivity contribution is 7.18. The zero-order valence-electron chi connectivity index (χ0n) is 14.3. The molecule has 1 aliphatic rings. The van der Waals surface area contributed by atoms with E-state index in [4.69, 9.17) is 10.5 Å². The number of hydrogen-bond acceptors (Lipinski definition) is 7. The van der Waals surface area contributed by atoms with Gasteiger partial charge in [-0.25, -0.2) is 4.98 Å². The van der Waals surface area contributed by atoms with E-state index >= 15 is 0 Å². The summed E-state index contributed by atoms with van der Waals surface area (Å²) in [6.07, 6.45) is 6.11. The van der Waals surface area contributed by atoms with Crippen molar-refractivity contribution < 1.29 is 4.74 Å². The van der Waals surface area contributed by atoms with Gasteiger partial charge in [0.05, 0.1) is 34.5 Å². The number of nitrogen functional groups attached to an aromatic ring is 1. The molecule has 2 atom stereocenters. The van der Waals surface area contributed by atoms with Gasteiger partial charge in [-0.3, -0.25) is 0 Å². The van der Waals surface area contributed by atoms with E-state index in [0.717, 1.165) is 39.9 Å². The Morgan fingerprint density at radius 1 is 1.20 bits per heavy atom. The van der Waals surface area contributed by atoms with Gasteiger partial charge >= 0.3 is 0 Å². The summed E-state index contributed by atoms with van der Waals surface area (Å²) in [5.41, 5.74) is 8.74. The zero-order chi connectivity index (χ0) is 17.4. The van der Waals surface area contributed by atoms with Gasteiger partial charge in [0.15, 0.2) is 5.13 Å². The molecule has 4 rings (SSSR count). The van der Waals surface area contributed by atoms with Crippen molar-refractivity contribution in [3.8, 4) is 10.4 Å². The van der Waals surface area contributed by atoms with Crippen molar-refractivity contribution in [1.82, 2.24) is 15.2 Å². The second-order valence-corrected chi connectivity index (χ2v) is 7.69. The van der Waals surface area contributed by atoms with Gasteiger partial charge < -0.3 is 15.8 Å². The molecule has 6 nitrogen and oxygen atoms in total. The molecule has 7 heteroatoms. The average molecular weight is 355 g/mol. The molecule has 0 spiro atoms. The number of thiazole rings is 1. The van der Waals surface area contributed by atoms with Crippen molar-refractivity contribution in [2.75, 3.05) is 11.1 Å². The van der Waals surface area contributed by atoms with E-state index in [1.165, 1.54) is 11.3 Å². The minimum atomic E-state index is 0.262. The predicted octanol–water partition coefficient (Wildman–Crippen LogP) is 3.70. The van der Waals surface area contributed by atoms with Crippen LogP contribution in [0, 0.1) is 0 Å². The number of nitrogens with one attached hydrogen (secondary N) is 1. The first kappa shape index (κ1) is 16.2. The summed E-state index contributed by atoms with van der Waals surface area (Å²) in [5, 5.41) is 13.7. The minimum Gasteiger partial charge on any atom is -0.380 e. The number of hydrogen-bond donors (Lipinski definition) is 2. The molecule has 1 aromatic carbocycles. The third-order valence-electron chi connectivity index (χ3n) is 4.50. The van der Waals surface area contributed by atoms with E-state index in [1.807, 2.05) is 18.3 Å². The summed E-state index contributed by atoms with van der Waals surface area (Å²) in [4.78, 5) is 5.20. The Labute approximate surface area is 150 Å². The molecule has 0 aliphatic carbocycles. The van der Waals surface area contributed by atoms with E-state index in [9.17, 15) is 0 Å². The lowest BCUT2D eigenvalue weighted by Crippen LogP contribution is -2.36. The summed E-state index contributed by atoms with van der Waals surface area (Å²) < 4.78 is 5.84. The van der Waals surface area contributed by atoms with Crippen LogP contribution >= 0.6 is 11.3 Å². The molecule has 1 aliphatic heterocycles. The van der Waals surface area contributed by atoms with Gasteiger partial charge in [-0.05, 0) is 44.4 Å². The summed E-state index contributed by atoms with van der Waals surface area (Å²) in [6, 6.07) is 6.53. The second kappa shape index (κ2) is 6.57. The lowest BCUT2D eigenvalue weighted by molar-refractivity contribution is -0.0337. The van der Waals surface area contributed by atoms with Gasteiger partial charge in [0.25, 0.3) is 0 Å².